The molecule has 2 saturated heterocycles. The lowest BCUT2D eigenvalue weighted by atomic mass is 9.81. The van der Waals surface area contributed by atoms with E-state index in [1.807, 2.05) is 32.9 Å². The van der Waals surface area contributed by atoms with Crippen LogP contribution in [0.4, 0.5) is 4.79 Å². The van der Waals surface area contributed by atoms with Gasteiger partial charge in [0.25, 0.3) is 11.7 Å². The van der Waals surface area contributed by atoms with E-state index in [0.717, 1.165) is 5.57 Å². The predicted octanol–water partition coefficient (Wildman–Crippen LogP) is 4.26. The summed E-state index contributed by atoms with van der Waals surface area (Å²) in [5.41, 5.74) is 5.64. The number of allylic oxidation sites excluding steroid dienone is 4. The van der Waals surface area contributed by atoms with Crippen molar-refractivity contribution in [3.05, 3.63) is 36.0 Å². The van der Waals surface area contributed by atoms with Gasteiger partial charge in [-0.25, -0.2) is 9.59 Å². The molecule has 1 saturated carbocycles. The van der Waals surface area contributed by atoms with Crippen molar-refractivity contribution >= 4 is 29.5 Å². The molecule has 2 amide bonds. The number of nitrogens with two attached hydrogens (primary N) is 1. The van der Waals surface area contributed by atoms with Crippen LogP contribution in [0.2, 0.25) is 0 Å². The van der Waals surface area contributed by atoms with Gasteiger partial charge in [0, 0.05) is 52.0 Å². The summed E-state index contributed by atoms with van der Waals surface area (Å²) in [6.07, 6.45) is 3.60. The minimum atomic E-state index is -2.51. The smallest absolute Gasteiger partial charge is 0.402 e. The molecule has 3 aliphatic heterocycles. The Balaban J connectivity index is 0.00000237. The van der Waals surface area contributed by atoms with Crippen LogP contribution in [0.25, 0.3) is 0 Å². The van der Waals surface area contributed by atoms with Crippen LogP contribution in [-0.2, 0) is 42.9 Å². The number of methoxy groups -OCH3 is 3. The summed E-state index contributed by atoms with van der Waals surface area (Å²) in [5, 5.41) is 41.3. The number of fused-ring (bicyclic) bond motifs is 3. The summed E-state index contributed by atoms with van der Waals surface area (Å²) < 4.78 is 29.7. The summed E-state index contributed by atoms with van der Waals surface area (Å²) in [6.45, 7) is 13.1. The van der Waals surface area contributed by atoms with Crippen LogP contribution in [0.15, 0.2) is 36.0 Å². The van der Waals surface area contributed by atoms with E-state index in [4.69, 9.17) is 33.6 Å². The van der Waals surface area contributed by atoms with Crippen molar-refractivity contribution in [1.29, 1.82) is 0 Å². The number of piperidine rings is 1. The van der Waals surface area contributed by atoms with Gasteiger partial charge in [-0.15, -0.1) is 6.58 Å². The van der Waals surface area contributed by atoms with Crippen molar-refractivity contribution < 1.29 is 68.1 Å². The fourth-order valence-corrected chi connectivity index (χ4v) is 9.42. The average molecular weight is 865 g/mol. The number of carbonyl (C=O) groups is 5. The van der Waals surface area contributed by atoms with Gasteiger partial charge in [-0.3, -0.25) is 14.4 Å². The quantitative estimate of drug-likeness (QED) is 0.137. The standard InChI is InChI=1S/C44H69NO12.CH3NO2/c1-10-13-31-19-25(2)18-26(3)20-37(54-8)40-38(55-9)22-28(5)44(52,57-40)41(49)42(50)45-17-12-11-14-32(45)43(51)56-39(29(6)34(47)24-35(31)48)27(4)21-30-15-16-33(46)36(23-30)53-7;2-1(3)4/h10,19,21,26,28-34,36-40,46-47,52H,1,11-18,20,22-24H2,2-9H3;2H2,(H,3,4)/b25-19+,27-21+;/t26-,28+,29+,30-,31+,32-,33+,34-,36+,37-,38-,39+,40+,44+;/m0./s1. The van der Waals surface area contributed by atoms with Crippen molar-refractivity contribution in [2.75, 3.05) is 27.9 Å². The van der Waals surface area contributed by atoms with Crippen LogP contribution in [0.3, 0.4) is 0 Å². The highest BCUT2D eigenvalue weighted by Crippen LogP contribution is 2.39. The Hall–Kier alpha value is -3.51. The minimum absolute atomic E-state index is 0.00988. The number of carboxylic acid groups (broad SMARTS) is 1. The van der Waals surface area contributed by atoms with E-state index in [1.54, 1.807) is 27.0 Å². The molecule has 0 aromatic carbocycles. The van der Waals surface area contributed by atoms with Gasteiger partial charge in [0.15, 0.2) is 0 Å². The molecule has 0 aromatic rings. The van der Waals surface area contributed by atoms with Gasteiger partial charge < -0.3 is 54.7 Å². The van der Waals surface area contributed by atoms with Crippen molar-refractivity contribution in [2.24, 2.45) is 35.3 Å². The van der Waals surface area contributed by atoms with E-state index in [0.29, 0.717) is 56.9 Å². The van der Waals surface area contributed by atoms with Gasteiger partial charge in [-0.05, 0) is 95.5 Å². The zero-order valence-electron chi connectivity index (χ0n) is 37.3. The molecule has 346 valence electrons. The number of carbonyl (C=O) groups excluding carboxylic acids is 4. The number of rotatable bonds is 7. The SMILES string of the molecule is C=CC[C@@H]1/C=C(\C)C[C@H](C)C[C@H](OC)[C@H]2O[C@@](O)(C(=O)C(=O)N3CCCC[C@H]3C(=O)O[C@H](/C(C)=C/[C@@H]3CC[C@@H](O)[C@H](OC)C3)[C@H](C)[C@@H](O)CC1=O)[C@H](C)C[C@@H]2OC.NC(=O)O. The third kappa shape index (κ3) is 13.7. The van der Waals surface area contributed by atoms with Crippen LogP contribution in [0.5, 0.6) is 0 Å². The molecule has 61 heavy (non-hydrogen) atoms. The van der Waals surface area contributed by atoms with Crippen LogP contribution in [-0.4, -0.2) is 137 Å². The molecule has 1 aliphatic carbocycles. The lowest BCUT2D eigenvalue weighted by Gasteiger charge is -2.47. The lowest BCUT2D eigenvalue weighted by molar-refractivity contribution is -0.302. The summed E-state index contributed by atoms with van der Waals surface area (Å²) >= 11 is 0. The summed E-state index contributed by atoms with van der Waals surface area (Å²) in [7, 11) is 4.61. The van der Waals surface area contributed by atoms with Gasteiger partial charge in [-0.1, -0.05) is 44.6 Å². The molecule has 0 aromatic heterocycles. The normalized spacial score (nSPS) is 38.7. The molecule has 0 spiro atoms. The number of ether oxygens (including phenoxy) is 5. The molecule has 14 atom stereocenters. The number of esters is 1. The van der Waals surface area contributed by atoms with Gasteiger partial charge in [-0.2, -0.15) is 0 Å². The summed E-state index contributed by atoms with van der Waals surface area (Å²) in [4.78, 5) is 66.6. The van der Waals surface area contributed by atoms with Gasteiger partial charge in [0.2, 0.25) is 5.79 Å². The van der Waals surface area contributed by atoms with Crippen LogP contribution in [0.1, 0.15) is 105 Å². The lowest BCUT2D eigenvalue weighted by Crippen LogP contribution is -2.64. The molecular formula is C45H72N2O14. The number of amides is 2. The highest BCUT2D eigenvalue weighted by atomic mass is 16.7. The third-order valence-corrected chi connectivity index (χ3v) is 12.9. The van der Waals surface area contributed by atoms with Crippen LogP contribution in [0, 0.1) is 29.6 Å². The fraction of sp³-hybridized carbons (Fsp3) is 0.756. The van der Waals surface area contributed by atoms with E-state index in [2.05, 4.69) is 12.3 Å². The zero-order chi connectivity index (χ0) is 45.8. The van der Waals surface area contributed by atoms with Crippen LogP contribution >= 0.6 is 0 Å². The molecule has 0 unspecified atom stereocenters. The van der Waals surface area contributed by atoms with Crippen molar-refractivity contribution in [3.63, 3.8) is 0 Å². The van der Waals surface area contributed by atoms with Crippen LogP contribution < -0.4 is 5.73 Å². The molecule has 16 nitrogen and oxygen atoms in total. The van der Waals surface area contributed by atoms with E-state index in [9.17, 15) is 34.5 Å². The molecule has 6 N–H and O–H groups in total. The second-order valence-corrected chi connectivity index (χ2v) is 17.6. The first-order chi connectivity index (χ1) is 28.7. The van der Waals surface area contributed by atoms with Gasteiger partial charge in [0.1, 0.15) is 24.0 Å². The highest BCUT2D eigenvalue weighted by Gasteiger charge is 2.56. The molecule has 4 rings (SSSR count). The maximum atomic E-state index is 14.3. The number of primary amides is 1. The third-order valence-electron chi connectivity index (χ3n) is 12.9. The number of aliphatic hydroxyl groups excluding tert-OH is 2. The molecule has 4 aliphatic rings. The first-order valence-electron chi connectivity index (χ1n) is 21.6. The molecular weight excluding hydrogens is 792 g/mol. The van der Waals surface area contributed by atoms with Crippen molar-refractivity contribution in [3.8, 4) is 0 Å². The molecule has 0 radical (unpaired) electrons. The zero-order valence-corrected chi connectivity index (χ0v) is 37.3. The van der Waals surface area contributed by atoms with E-state index < -0.39 is 90.0 Å². The summed E-state index contributed by atoms with van der Waals surface area (Å²) in [5.74, 6) is -7.76. The Kier molecular flexibility index (Phi) is 20.2. The fourth-order valence-electron chi connectivity index (χ4n) is 9.42. The largest absolute Gasteiger partial charge is 0.465 e. The Bertz CT molecular complexity index is 1580. The maximum Gasteiger partial charge on any atom is 0.402 e. The first-order valence-corrected chi connectivity index (χ1v) is 21.6. The number of Topliss-reactive ketones (excluding diaryl/α,β-unsaturated/α-hetero) is 2. The second kappa shape index (κ2) is 23.8. The Morgan fingerprint density at radius 3 is 2.18 bits per heavy atom. The topological polar surface area (TPSA) is 242 Å². The first kappa shape index (κ1) is 51.8. The minimum Gasteiger partial charge on any atom is -0.465 e. The van der Waals surface area contributed by atoms with E-state index in [1.165, 1.54) is 19.1 Å². The highest BCUT2D eigenvalue weighted by molar-refractivity contribution is 6.39. The van der Waals surface area contributed by atoms with E-state index in [-0.39, 0.29) is 49.5 Å². The Morgan fingerprint density at radius 1 is 0.951 bits per heavy atom. The number of ketones is 2. The Morgan fingerprint density at radius 2 is 1.57 bits per heavy atom. The second-order valence-electron chi connectivity index (χ2n) is 17.6. The average Bonchev–Trinajstić information content (AvgIpc) is 3.21. The molecule has 3 heterocycles. The van der Waals surface area contributed by atoms with Crippen molar-refractivity contribution in [2.45, 2.75) is 160 Å². The molecule has 16 heteroatoms. The molecule has 2 bridgehead atoms. The van der Waals surface area contributed by atoms with Gasteiger partial charge in [0.05, 0.1) is 30.5 Å². The summed E-state index contributed by atoms with van der Waals surface area (Å²) in [6, 6.07) is -1.14. The number of hydrogen-bond donors (Lipinski definition) is 5. The number of hydrogen-bond acceptors (Lipinski definition) is 13. The number of nitrogens with zero attached hydrogens (tertiary/aromatic N) is 1. The number of aliphatic hydroxyl groups is 3. The predicted molar refractivity (Wildman–Crippen MR) is 225 cm³/mol. The number of cyclic esters (lactones) is 1. The molecule has 3 fully saturated rings. The Labute approximate surface area is 360 Å². The monoisotopic (exact) mass is 864 g/mol. The maximum absolute atomic E-state index is 14.3. The van der Waals surface area contributed by atoms with E-state index >= 15 is 0 Å². The van der Waals surface area contributed by atoms with Gasteiger partial charge >= 0.3 is 12.1 Å². The van der Waals surface area contributed by atoms with Crippen molar-refractivity contribution in [1.82, 2.24) is 4.90 Å².